The van der Waals surface area contributed by atoms with E-state index in [2.05, 4.69) is 5.32 Å². The molecule has 0 fully saturated rings. The van der Waals surface area contributed by atoms with Gasteiger partial charge in [-0.25, -0.2) is 0 Å². The predicted molar refractivity (Wildman–Crippen MR) is 80.1 cm³/mol. The van der Waals surface area contributed by atoms with Crippen LogP contribution in [-0.2, 0) is 9.47 Å². The lowest BCUT2D eigenvalue weighted by molar-refractivity contribution is -0.0282. The zero-order chi connectivity index (χ0) is 15.7. The number of hydrogen-bond acceptors (Lipinski definition) is 5. The molecule has 7 heteroatoms. The fourth-order valence-electron chi connectivity index (χ4n) is 1.66. The van der Waals surface area contributed by atoms with E-state index in [1.165, 1.54) is 0 Å². The second-order valence-corrected chi connectivity index (χ2v) is 5.54. The predicted octanol–water partition coefficient (Wildman–Crippen LogP) is 2.83. The number of halogens is 2. The number of benzene rings is 1. The Labute approximate surface area is 127 Å². The van der Waals surface area contributed by atoms with Gasteiger partial charge in [0.05, 0.1) is 25.4 Å². The summed E-state index contributed by atoms with van der Waals surface area (Å²) in [6.45, 7) is 2.68. The standard InChI is InChI=1S/C14H21F2NO3S/c1-10(8-19-2)20-9-11(18)7-17-12-5-3-4-6-13(12)21-14(15)16/h3-6,10-11,14,17-18H,7-9H2,1-2H3. The third-order valence-electron chi connectivity index (χ3n) is 2.61. The van der Waals surface area contributed by atoms with Crippen molar-refractivity contribution in [2.75, 3.05) is 32.2 Å². The average molecular weight is 321 g/mol. The van der Waals surface area contributed by atoms with Crippen LogP contribution < -0.4 is 5.32 Å². The van der Waals surface area contributed by atoms with Gasteiger partial charge in [0.1, 0.15) is 0 Å². The van der Waals surface area contributed by atoms with E-state index < -0.39 is 11.9 Å². The van der Waals surface area contributed by atoms with E-state index in [1.54, 1.807) is 31.4 Å². The van der Waals surface area contributed by atoms with E-state index in [9.17, 15) is 13.9 Å². The molecule has 1 aromatic rings. The summed E-state index contributed by atoms with van der Waals surface area (Å²) in [6.07, 6.45) is -0.833. The van der Waals surface area contributed by atoms with Crippen LogP contribution in [-0.4, -0.2) is 49.9 Å². The number of aliphatic hydroxyl groups excluding tert-OH is 1. The molecule has 0 spiro atoms. The monoisotopic (exact) mass is 321 g/mol. The lowest BCUT2D eigenvalue weighted by Crippen LogP contribution is -2.28. The van der Waals surface area contributed by atoms with Gasteiger partial charge in [0, 0.05) is 24.2 Å². The maximum Gasteiger partial charge on any atom is 0.288 e. The van der Waals surface area contributed by atoms with E-state index in [1.807, 2.05) is 6.92 Å². The van der Waals surface area contributed by atoms with Crippen LogP contribution in [0.1, 0.15) is 6.92 Å². The molecule has 0 saturated carbocycles. The van der Waals surface area contributed by atoms with E-state index in [-0.39, 0.29) is 19.3 Å². The number of hydrogen-bond donors (Lipinski definition) is 2. The van der Waals surface area contributed by atoms with Gasteiger partial charge in [-0.2, -0.15) is 8.78 Å². The van der Waals surface area contributed by atoms with E-state index in [0.717, 1.165) is 0 Å². The molecule has 1 aromatic carbocycles. The SMILES string of the molecule is COCC(C)OCC(O)CNc1ccccc1SC(F)F. The lowest BCUT2D eigenvalue weighted by atomic mass is 10.3. The zero-order valence-electron chi connectivity index (χ0n) is 12.1. The number of nitrogens with one attached hydrogen (secondary N) is 1. The van der Waals surface area contributed by atoms with Gasteiger partial charge in [0.2, 0.25) is 0 Å². The first-order valence-electron chi connectivity index (χ1n) is 6.59. The second kappa shape index (κ2) is 9.94. The van der Waals surface area contributed by atoms with Crippen LogP contribution in [0, 0.1) is 0 Å². The minimum atomic E-state index is -2.48. The molecule has 0 aliphatic carbocycles. The van der Waals surface area contributed by atoms with Crippen LogP contribution in [0.2, 0.25) is 0 Å². The molecule has 1 rings (SSSR count). The minimum Gasteiger partial charge on any atom is -0.389 e. The fraction of sp³-hybridized carbons (Fsp3) is 0.571. The van der Waals surface area contributed by atoms with Crippen molar-refractivity contribution in [1.82, 2.24) is 0 Å². The van der Waals surface area contributed by atoms with E-state index >= 15 is 0 Å². The largest absolute Gasteiger partial charge is 0.389 e. The van der Waals surface area contributed by atoms with Gasteiger partial charge in [0.25, 0.3) is 5.76 Å². The number of alkyl halides is 2. The zero-order valence-corrected chi connectivity index (χ0v) is 12.9. The Balaban J connectivity index is 2.40. The Morgan fingerprint density at radius 3 is 2.67 bits per heavy atom. The van der Waals surface area contributed by atoms with Crippen LogP contribution in [0.15, 0.2) is 29.2 Å². The Morgan fingerprint density at radius 1 is 1.29 bits per heavy atom. The molecule has 0 aliphatic heterocycles. The molecule has 0 aliphatic rings. The van der Waals surface area contributed by atoms with Crippen molar-refractivity contribution in [2.24, 2.45) is 0 Å². The maximum atomic E-state index is 12.4. The summed E-state index contributed by atoms with van der Waals surface area (Å²) in [5, 5.41) is 12.8. The van der Waals surface area contributed by atoms with Gasteiger partial charge in [0.15, 0.2) is 0 Å². The number of rotatable bonds is 10. The van der Waals surface area contributed by atoms with E-state index in [0.29, 0.717) is 29.0 Å². The number of anilines is 1. The van der Waals surface area contributed by atoms with Crippen molar-refractivity contribution in [3.63, 3.8) is 0 Å². The topological polar surface area (TPSA) is 50.7 Å². The number of methoxy groups -OCH3 is 1. The Hall–Kier alpha value is -0.890. The second-order valence-electron chi connectivity index (χ2n) is 4.51. The Bertz CT molecular complexity index is 410. The first-order valence-corrected chi connectivity index (χ1v) is 7.47. The van der Waals surface area contributed by atoms with Crippen LogP contribution in [0.3, 0.4) is 0 Å². The molecule has 0 bridgehead atoms. The molecule has 0 saturated heterocycles. The molecule has 2 atom stereocenters. The van der Waals surface area contributed by atoms with Gasteiger partial charge < -0.3 is 19.9 Å². The molecule has 0 radical (unpaired) electrons. The molecule has 2 unspecified atom stereocenters. The summed E-state index contributed by atoms with van der Waals surface area (Å²) in [7, 11) is 1.58. The van der Waals surface area contributed by atoms with Crippen molar-refractivity contribution in [3.8, 4) is 0 Å². The van der Waals surface area contributed by atoms with Crippen molar-refractivity contribution in [2.45, 2.75) is 29.8 Å². The number of aliphatic hydroxyl groups is 1. The van der Waals surface area contributed by atoms with Gasteiger partial charge in [-0.1, -0.05) is 23.9 Å². The Kier molecular flexibility index (Phi) is 8.60. The van der Waals surface area contributed by atoms with Crippen LogP contribution >= 0.6 is 11.8 Å². The average Bonchev–Trinajstić information content (AvgIpc) is 2.44. The van der Waals surface area contributed by atoms with E-state index in [4.69, 9.17) is 9.47 Å². The molecular formula is C14H21F2NO3S. The van der Waals surface area contributed by atoms with Crippen molar-refractivity contribution in [1.29, 1.82) is 0 Å². The first kappa shape index (κ1) is 18.2. The highest BCUT2D eigenvalue weighted by Crippen LogP contribution is 2.31. The molecular weight excluding hydrogens is 300 g/mol. The fourth-order valence-corrected chi connectivity index (χ4v) is 2.27. The highest BCUT2D eigenvalue weighted by Gasteiger charge is 2.12. The van der Waals surface area contributed by atoms with Crippen molar-refractivity contribution < 1.29 is 23.4 Å². The molecule has 0 amide bonds. The lowest BCUT2D eigenvalue weighted by Gasteiger charge is -2.17. The Morgan fingerprint density at radius 2 is 2.00 bits per heavy atom. The van der Waals surface area contributed by atoms with Crippen LogP contribution in [0.4, 0.5) is 14.5 Å². The van der Waals surface area contributed by atoms with Crippen molar-refractivity contribution in [3.05, 3.63) is 24.3 Å². The summed E-state index contributed by atoms with van der Waals surface area (Å²) in [4.78, 5) is 0.452. The summed E-state index contributed by atoms with van der Waals surface area (Å²) < 4.78 is 35.2. The maximum absolute atomic E-state index is 12.4. The van der Waals surface area contributed by atoms with Gasteiger partial charge in [-0.15, -0.1) is 0 Å². The highest BCUT2D eigenvalue weighted by molar-refractivity contribution is 7.99. The third-order valence-corrected chi connectivity index (χ3v) is 3.39. The molecule has 0 aromatic heterocycles. The summed E-state index contributed by atoms with van der Waals surface area (Å²) in [6, 6.07) is 6.76. The number of para-hydroxylation sites is 1. The molecule has 4 nitrogen and oxygen atoms in total. The number of ether oxygens (including phenoxy) is 2. The van der Waals surface area contributed by atoms with Gasteiger partial charge in [-0.3, -0.25) is 0 Å². The summed E-state index contributed by atoms with van der Waals surface area (Å²) in [5.74, 6) is -2.48. The van der Waals surface area contributed by atoms with Crippen LogP contribution in [0.5, 0.6) is 0 Å². The van der Waals surface area contributed by atoms with Crippen molar-refractivity contribution >= 4 is 17.4 Å². The third kappa shape index (κ3) is 7.61. The molecule has 2 N–H and O–H groups in total. The van der Waals surface area contributed by atoms with Gasteiger partial charge in [-0.05, 0) is 19.1 Å². The molecule has 0 heterocycles. The van der Waals surface area contributed by atoms with Crippen LogP contribution in [0.25, 0.3) is 0 Å². The first-order chi connectivity index (χ1) is 10.0. The smallest absolute Gasteiger partial charge is 0.288 e. The highest BCUT2D eigenvalue weighted by atomic mass is 32.2. The number of thioether (sulfide) groups is 1. The summed E-state index contributed by atoms with van der Waals surface area (Å²) in [5.41, 5.74) is 0.576. The minimum absolute atomic E-state index is 0.105. The van der Waals surface area contributed by atoms with Gasteiger partial charge >= 0.3 is 0 Å². The quantitative estimate of drug-likeness (QED) is 0.649. The molecule has 21 heavy (non-hydrogen) atoms. The normalized spacial score (nSPS) is 14.2. The summed E-state index contributed by atoms with van der Waals surface area (Å²) >= 11 is 0.476. The molecule has 120 valence electrons.